The van der Waals surface area contributed by atoms with E-state index in [0.29, 0.717) is 34.1 Å². The van der Waals surface area contributed by atoms with E-state index in [-0.39, 0.29) is 5.78 Å². The van der Waals surface area contributed by atoms with Crippen LogP contribution in [0.1, 0.15) is 21.6 Å². The number of hydrogen-bond donors (Lipinski definition) is 1. The number of aromatic amines is 1. The normalized spacial score (nSPS) is 11.6. The maximum absolute atomic E-state index is 14.0. The SMILES string of the molecule is COc1cc(C(=O)/C(=C/c2c[nH]c3ccccc23)c2ccc3ccccc3n2)cc(OC)c1OC. The van der Waals surface area contributed by atoms with Crippen LogP contribution in [0.4, 0.5) is 0 Å². The number of benzene rings is 3. The molecule has 0 bridgehead atoms. The summed E-state index contributed by atoms with van der Waals surface area (Å²) in [6.07, 6.45) is 3.77. The highest BCUT2D eigenvalue weighted by Gasteiger charge is 2.22. The summed E-state index contributed by atoms with van der Waals surface area (Å²) in [5.41, 5.74) is 4.13. The monoisotopic (exact) mass is 464 g/mol. The second-order valence-corrected chi connectivity index (χ2v) is 7.98. The molecule has 3 aromatic carbocycles. The molecule has 174 valence electrons. The Morgan fingerprint density at radius 3 is 2.31 bits per heavy atom. The van der Waals surface area contributed by atoms with E-state index in [1.165, 1.54) is 21.3 Å². The van der Waals surface area contributed by atoms with E-state index in [0.717, 1.165) is 27.4 Å². The molecule has 2 heterocycles. The zero-order valence-electron chi connectivity index (χ0n) is 19.7. The van der Waals surface area contributed by atoms with Gasteiger partial charge in [-0.1, -0.05) is 42.5 Å². The summed E-state index contributed by atoms with van der Waals surface area (Å²) >= 11 is 0. The quantitative estimate of drug-likeness (QED) is 0.230. The predicted molar refractivity (Wildman–Crippen MR) is 138 cm³/mol. The number of hydrogen-bond acceptors (Lipinski definition) is 5. The highest BCUT2D eigenvalue weighted by molar-refractivity contribution is 6.32. The van der Waals surface area contributed by atoms with Gasteiger partial charge in [-0.15, -0.1) is 0 Å². The number of allylic oxidation sites excluding steroid dienone is 1. The molecule has 6 heteroatoms. The molecular formula is C29H24N2O4. The van der Waals surface area contributed by atoms with Crippen molar-refractivity contribution in [2.45, 2.75) is 0 Å². The fourth-order valence-electron chi connectivity index (χ4n) is 4.21. The lowest BCUT2D eigenvalue weighted by Crippen LogP contribution is -2.06. The van der Waals surface area contributed by atoms with Gasteiger partial charge in [0.05, 0.1) is 32.5 Å². The molecule has 0 amide bonds. The number of Topliss-reactive ketones (excluding diaryl/α,β-unsaturated/α-hetero) is 1. The Balaban J connectivity index is 1.71. The fraction of sp³-hybridized carbons (Fsp3) is 0.103. The van der Waals surface area contributed by atoms with Gasteiger partial charge < -0.3 is 19.2 Å². The van der Waals surface area contributed by atoms with E-state index in [9.17, 15) is 4.79 Å². The summed E-state index contributed by atoms with van der Waals surface area (Å²) < 4.78 is 16.4. The van der Waals surface area contributed by atoms with E-state index in [1.54, 1.807) is 12.1 Å². The minimum atomic E-state index is -0.211. The van der Waals surface area contributed by atoms with E-state index in [2.05, 4.69) is 4.98 Å². The Hall–Kier alpha value is -4.58. The first-order chi connectivity index (χ1) is 17.1. The van der Waals surface area contributed by atoms with E-state index in [4.69, 9.17) is 19.2 Å². The molecule has 0 fully saturated rings. The Bertz CT molecular complexity index is 1560. The minimum Gasteiger partial charge on any atom is -0.493 e. The number of methoxy groups -OCH3 is 3. The molecule has 0 unspecified atom stereocenters. The van der Waals surface area contributed by atoms with Crippen molar-refractivity contribution in [3.63, 3.8) is 0 Å². The number of nitrogens with zero attached hydrogens (tertiary/aromatic N) is 1. The molecule has 0 spiro atoms. The molecule has 1 N–H and O–H groups in total. The van der Waals surface area contributed by atoms with Crippen LogP contribution in [0.5, 0.6) is 17.2 Å². The maximum atomic E-state index is 14.0. The number of H-pyrrole nitrogens is 1. The number of carbonyl (C=O) groups is 1. The maximum Gasteiger partial charge on any atom is 0.203 e. The summed E-state index contributed by atoms with van der Waals surface area (Å²) in [6, 6.07) is 23.0. The molecule has 0 saturated carbocycles. The summed E-state index contributed by atoms with van der Waals surface area (Å²) in [6.45, 7) is 0. The summed E-state index contributed by atoms with van der Waals surface area (Å²) in [4.78, 5) is 22.1. The number of fused-ring (bicyclic) bond motifs is 2. The number of ether oxygens (including phenoxy) is 3. The van der Waals surface area contributed by atoms with Crippen molar-refractivity contribution in [3.8, 4) is 17.2 Å². The first kappa shape index (κ1) is 22.2. The van der Waals surface area contributed by atoms with E-state index in [1.807, 2.05) is 72.9 Å². The van der Waals surface area contributed by atoms with Gasteiger partial charge in [0.2, 0.25) is 5.75 Å². The topological polar surface area (TPSA) is 73.4 Å². The highest BCUT2D eigenvalue weighted by atomic mass is 16.5. The molecule has 6 nitrogen and oxygen atoms in total. The number of nitrogens with one attached hydrogen (secondary N) is 1. The molecule has 0 aliphatic carbocycles. The van der Waals surface area contributed by atoms with Crippen LogP contribution in [0.15, 0.2) is 79.0 Å². The molecular weight excluding hydrogens is 440 g/mol. The Morgan fingerprint density at radius 2 is 1.57 bits per heavy atom. The van der Waals surface area contributed by atoms with Crippen LogP contribution < -0.4 is 14.2 Å². The third kappa shape index (κ3) is 4.10. The Kier molecular flexibility index (Phi) is 5.94. The summed E-state index contributed by atoms with van der Waals surface area (Å²) in [5, 5.41) is 2.02. The second-order valence-electron chi connectivity index (χ2n) is 7.98. The molecule has 0 aliphatic rings. The predicted octanol–water partition coefficient (Wildman–Crippen LogP) is 6.17. The van der Waals surface area contributed by atoms with Crippen LogP contribution in [-0.4, -0.2) is 37.1 Å². The van der Waals surface area contributed by atoms with Crippen molar-refractivity contribution in [2.75, 3.05) is 21.3 Å². The molecule has 0 atom stereocenters. The standard InChI is InChI=1S/C29H24N2O4/c1-33-26-15-19(16-27(34-2)29(26)35-3)28(32)22(14-20-17-30-24-11-7-5-9-21(20)24)25-13-12-18-8-4-6-10-23(18)31-25/h4-17,30H,1-3H3/b22-14+. The van der Waals surface area contributed by atoms with Crippen LogP contribution in [0.2, 0.25) is 0 Å². The summed E-state index contributed by atoms with van der Waals surface area (Å²) in [5.74, 6) is 1.04. The van der Waals surface area contributed by atoms with Crippen LogP contribution >= 0.6 is 0 Å². The second kappa shape index (κ2) is 9.35. The number of ketones is 1. The van der Waals surface area contributed by atoms with Gasteiger partial charge in [-0.3, -0.25) is 4.79 Å². The zero-order valence-corrected chi connectivity index (χ0v) is 19.7. The molecule has 5 rings (SSSR count). The van der Waals surface area contributed by atoms with Crippen molar-refractivity contribution < 1.29 is 19.0 Å². The smallest absolute Gasteiger partial charge is 0.203 e. The van der Waals surface area contributed by atoms with Gasteiger partial charge in [0, 0.05) is 39.2 Å². The fourth-order valence-corrected chi connectivity index (χ4v) is 4.21. The largest absolute Gasteiger partial charge is 0.493 e. The number of pyridine rings is 1. The summed E-state index contributed by atoms with van der Waals surface area (Å²) in [7, 11) is 4.58. The number of para-hydroxylation sites is 2. The molecule has 5 aromatic rings. The van der Waals surface area contributed by atoms with Crippen molar-refractivity contribution in [1.82, 2.24) is 9.97 Å². The van der Waals surface area contributed by atoms with Gasteiger partial charge in [0.1, 0.15) is 0 Å². The molecule has 2 aromatic heterocycles. The van der Waals surface area contributed by atoms with Gasteiger partial charge in [0.25, 0.3) is 0 Å². The lowest BCUT2D eigenvalue weighted by molar-refractivity contribution is 0.105. The number of aromatic nitrogens is 2. The lowest BCUT2D eigenvalue weighted by Gasteiger charge is -2.15. The molecule has 35 heavy (non-hydrogen) atoms. The van der Waals surface area contributed by atoms with E-state index < -0.39 is 0 Å². The van der Waals surface area contributed by atoms with Gasteiger partial charge in [-0.05, 0) is 36.4 Å². The van der Waals surface area contributed by atoms with Gasteiger partial charge >= 0.3 is 0 Å². The first-order valence-electron chi connectivity index (χ1n) is 11.1. The first-order valence-corrected chi connectivity index (χ1v) is 11.1. The highest BCUT2D eigenvalue weighted by Crippen LogP contribution is 2.39. The van der Waals surface area contributed by atoms with Crippen molar-refractivity contribution in [2.24, 2.45) is 0 Å². The molecule has 0 saturated heterocycles. The molecule has 0 radical (unpaired) electrons. The van der Waals surface area contributed by atoms with Gasteiger partial charge in [-0.25, -0.2) is 4.98 Å². The average molecular weight is 465 g/mol. The van der Waals surface area contributed by atoms with Crippen LogP contribution in [-0.2, 0) is 0 Å². The van der Waals surface area contributed by atoms with Crippen LogP contribution in [0.25, 0.3) is 33.5 Å². The molecule has 0 aliphatic heterocycles. The zero-order chi connectivity index (χ0) is 24.4. The van der Waals surface area contributed by atoms with Crippen molar-refractivity contribution in [1.29, 1.82) is 0 Å². The third-order valence-electron chi connectivity index (χ3n) is 5.97. The van der Waals surface area contributed by atoms with Crippen molar-refractivity contribution >= 4 is 39.2 Å². The number of rotatable bonds is 7. The van der Waals surface area contributed by atoms with E-state index >= 15 is 0 Å². The average Bonchev–Trinajstić information content (AvgIpc) is 3.33. The Labute approximate surface area is 202 Å². The van der Waals surface area contributed by atoms with Crippen molar-refractivity contribution in [3.05, 3.63) is 95.8 Å². The van der Waals surface area contributed by atoms with Crippen LogP contribution in [0, 0.1) is 0 Å². The Morgan fingerprint density at radius 1 is 0.857 bits per heavy atom. The van der Waals surface area contributed by atoms with Crippen LogP contribution in [0.3, 0.4) is 0 Å². The van der Waals surface area contributed by atoms with Gasteiger partial charge in [-0.2, -0.15) is 0 Å². The third-order valence-corrected chi connectivity index (χ3v) is 5.97. The number of carbonyl (C=O) groups excluding carboxylic acids is 1. The minimum absolute atomic E-state index is 0.211. The van der Waals surface area contributed by atoms with Gasteiger partial charge in [0.15, 0.2) is 17.3 Å². The lowest BCUT2D eigenvalue weighted by atomic mass is 9.96.